The van der Waals surface area contributed by atoms with Gasteiger partial charge in [-0.1, -0.05) is 28.1 Å². The summed E-state index contributed by atoms with van der Waals surface area (Å²) in [5.41, 5.74) is 1.65. The first-order chi connectivity index (χ1) is 9.85. The SMILES string of the molecule is Cc1[nH]nc(S(=O)(=O)NC(C)c2ccc(Br)cc2)c1CO. The van der Waals surface area contributed by atoms with E-state index < -0.39 is 16.1 Å². The number of nitrogens with one attached hydrogen (secondary N) is 2. The largest absolute Gasteiger partial charge is 0.392 e. The van der Waals surface area contributed by atoms with E-state index in [9.17, 15) is 13.5 Å². The lowest BCUT2D eigenvalue weighted by atomic mass is 10.1. The normalized spacial score (nSPS) is 13.3. The van der Waals surface area contributed by atoms with Gasteiger partial charge in [0.05, 0.1) is 6.61 Å². The maximum absolute atomic E-state index is 12.4. The van der Waals surface area contributed by atoms with E-state index in [1.807, 2.05) is 24.3 Å². The predicted octanol–water partition coefficient (Wildman–Crippen LogP) is 2.01. The predicted molar refractivity (Wildman–Crippen MR) is 82.1 cm³/mol. The number of aryl methyl sites for hydroxylation is 1. The molecule has 1 aromatic carbocycles. The average Bonchev–Trinajstić information content (AvgIpc) is 2.80. The number of aliphatic hydroxyl groups is 1. The Morgan fingerprint density at radius 2 is 2.00 bits per heavy atom. The molecule has 8 heteroatoms. The lowest BCUT2D eigenvalue weighted by molar-refractivity contribution is 0.277. The molecule has 1 heterocycles. The Labute approximate surface area is 131 Å². The van der Waals surface area contributed by atoms with Crippen molar-refractivity contribution in [1.29, 1.82) is 0 Å². The van der Waals surface area contributed by atoms with Gasteiger partial charge in [0.1, 0.15) is 0 Å². The van der Waals surface area contributed by atoms with E-state index in [-0.39, 0.29) is 17.2 Å². The Hall–Kier alpha value is -1.22. The quantitative estimate of drug-likeness (QED) is 0.746. The van der Waals surface area contributed by atoms with Gasteiger partial charge < -0.3 is 5.11 Å². The molecular formula is C13H16BrN3O3S. The van der Waals surface area contributed by atoms with Gasteiger partial charge in [0.25, 0.3) is 10.0 Å². The number of H-pyrrole nitrogens is 1. The summed E-state index contributed by atoms with van der Waals surface area (Å²) in [5.74, 6) is 0. The molecular weight excluding hydrogens is 358 g/mol. The van der Waals surface area contributed by atoms with Crippen molar-refractivity contribution in [1.82, 2.24) is 14.9 Å². The van der Waals surface area contributed by atoms with E-state index >= 15 is 0 Å². The van der Waals surface area contributed by atoms with Crippen LogP contribution in [0.3, 0.4) is 0 Å². The minimum absolute atomic E-state index is 0.161. The third-order valence-electron chi connectivity index (χ3n) is 3.15. The fourth-order valence-electron chi connectivity index (χ4n) is 1.95. The molecule has 6 nitrogen and oxygen atoms in total. The molecule has 0 fully saturated rings. The number of hydrogen-bond acceptors (Lipinski definition) is 4. The van der Waals surface area contributed by atoms with E-state index in [0.29, 0.717) is 5.69 Å². The van der Waals surface area contributed by atoms with E-state index in [2.05, 4.69) is 30.8 Å². The summed E-state index contributed by atoms with van der Waals surface area (Å²) in [6.45, 7) is 3.03. The van der Waals surface area contributed by atoms with Crippen LogP contribution in [0.2, 0.25) is 0 Å². The molecule has 1 unspecified atom stereocenters. The minimum Gasteiger partial charge on any atom is -0.392 e. The lowest BCUT2D eigenvalue weighted by Gasteiger charge is -2.14. The number of sulfonamides is 1. The summed E-state index contributed by atoms with van der Waals surface area (Å²) >= 11 is 3.33. The molecule has 1 aromatic heterocycles. The summed E-state index contributed by atoms with van der Waals surface area (Å²) in [7, 11) is -3.80. The fraction of sp³-hybridized carbons (Fsp3) is 0.308. The van der Waals surface area contributed by atoms with Gasteiger partial charge in [-0.05, 0) is 31.5 Å². The summed E-state index contributed by atoms with van der Waals surface area (Å²) in [6.07, 6.45) is 0. The molecule has 0 saturated carbocycles. The topological polar surface area (TPSA) is 95.1 Å². The van der Waals surface area contributed by atoms with Crippen LogP contribution in [0.15, 0.2) is 33.8 Å². The molecule has 3 N–H and O–H groups in total. The number of nitrogens with zero attached hydrogens (tertiary/aromatic N) is 1. The van der Waals surface area contributed by atoms with E-state index in [1.165, 1.54) is 0 Å². The molecule has 114 valence electrons. The Kier molecular flexibility index (Phi) is 4.82. The maximum atomic E-state index is 12.4. The van der Waals surface area contributed by atoms with Crippen molar-refractivity contribution in [3.05, 3.63) is 45.6 Å². The molecule has 1 atom stereocenters. The van der Waals surface area contributed by atoms with Crippen LogP contribution in [0.1, 0.15) is 29.8 Å². The number of aliphatic hydroxyl groups excluding tert-OH is 1. The zero-order valence-corrected chi connectivity index (χ0v) is 14.0. The Bertz CT molecular complexity index is 726. The van der Waals surface area contributed by atoms with Crippen LogP contribution in [-0.2, 0) is 16.6 Å². The van der Waals surface area contributed by atoms with Crippen molar-refractivity contribution in [3.63, 3.8) is 0 Å². The van der Waals surface area contributed by atoms with Gasteiger partial charge in [0.2, 0.25) is 0 Å². The highest BCUT2D eigenvalue weighted by molar-refractivity contribution is 9.10. The zero-order chi connectivity index (χ0) is 15.6. The fourth-order valence-corrected chi connectivity index (χ4v) is 3.63. The van der Waals surface area contributed by atoms with Crippen molar-refractivity contribution in [2.45, 2.75) is 31.5 Å². The second-order valence-corrected chi connectivity index (χ2v) is 7.23. The van der Waals surface area contributed by atoms with Gasteiger partial charge in [-0.2, -0.15) is 5.10 Å². The van der Waals surface area contributed by atoms with E-state index in [1.54, 1.807) is 13.8 Å². The lowest BCUT2D eigenvalue weighted by Crippen LogP contribution is -2.28. The third kappa shape index (κ3) is 3.52. The van der Waals surface area contributed by atoms with Crippen molar-refractivity contribution >= 4 is 26.0 Å². The standard InChI is InChI=1S/C13H16BrN3O3S/c1-8(10-3-5-11(14)6-4-10)17-21(19,20)13-12(7-18)9(2)15-16-13/h3-6,8,17-18H,7H2,1-2H3,(H,15,16). The molecule has 0 bridgehead atoms. The number of halogens is 1. The minimum atomic E-state index is -3.80. The number of benzene rings is 1. The average molecular weight is 374 g/mol. The van der Waals surface area contributed by atoms with Crippen molar-refractivity contribution in [2.24, 2.45) is 0 Å². The van der Waals surface area contributed by atoms with Crippen molar-refractivity contribution in [3.8, 4) is 0 Å². The number of hydrogen-bond donors (Lipinski definition) is 3. The van der Waals surface area contributed by atoms with Crippen LogP contribution in [-0.4, -0.2) is 23.7 Å². The molecule has 0 aliphatic rings. The number of aromatic nitrogens is 2. The molecule has 0 spiro atoms. The van der Waals surface area contributed by atoms with E-state index in [4.69, 9.17) is 0 Å². The van der Waals surface area contributed by atoms with Crippen molar-refractivity contribution in [2.75, 3.05) is 0 Å². The summed E-state index contributed by atoms with van der Waals surface area (Å²) in [6, 6.07) is 6.95. The second-order valence-electron chi connectivity index (χ2n) is 4.68. The van der Waals surface area contributed by atoms with Gasteiger partial charge in [-0.25, -0.2) is 13.1 Å². The van der Waals surface area contributed by atoms with Crippen LogP contribution in [0.4, 0.5) is 0 Å². The Balaban J connectivity index is 2.26. The third-order valence-corrected chi connectivity index (χ3v) is 5.19. The molecule has 2 rings (SSSR count). The monoisotopic (exact) mass is 373 g/mol. The van der Waals surface area contributed by atoms with Gasteiger partial charge in [-0.15, -0.1) is 0 Å². The second kappa shape index (κ2) is 6.27. The first kappa shape index (κ1) is 16.2. The summed E-state index contributed by atoms with van der Waals surface area (Å²) in [4.78, 5) is 0. The smallest absolute Gasteiger partial charge is 0.260 e. The van der Waals surface area contributed by atoms with Crippen molar-refractivity contribution < 1.29 is 13.5 Å². The molecule has 0 aliphatic heterocycles. The Morgan fingerprint density at radius 1 is 1.38 bits per heavy atom. The Morgan fingerprint density at radius 3 is 2.57 bits per heavy atom. The first-order valence-electron chi connectivity index (χ1n) is 6.27. The molecule has 0 aliphatic carbocycles. The van der Waals surface area contributed by atoms with Crippen LogP contribution in [0.25, 0.3) is 0 Å². The molecule has 0 radical (unpaired) electrons. The number of rotatable bonds is 5. The highest BCUT2D eigenvalue weighted by Gasteiger charge is 2.25. The van der Waals surface area contributed by atoms with Crippen LogP contribution in [0, 0.1) is 6.92 Å². The first-order valence-corrected chi connectivity index (χ1v) is 8.55. The molecule has 0 saturated heterocycles. The van der Waals surface area contributed by atoms with E-state index in [0.717, 1.165) is 10.0 Å². The molecule has 2 aromatic rings. The molecule has 0 amide bonds. The molecule has 21 heavy (non-hydrogen) atoms. The van der Waals surface area contributed by atoms with Crippen LogP contribution < -0.4 is 4.72 Å². The maximum Gasteiger partial charge on any atom is 0.260 e. The summed E-state index contributed by atoms with van der Waals surface area (Å²) in [5, 5.41) is 15.5. The van der Waals surface area contributed by atoms with Crippen LogP contribution >= 0.6 is 15.9 Å². The van der Waals surface area contributed by atoms with Gasteiger partial charge in [-0.3, -0.25) is 5.10 Å². The highest BCUT2D eigenvalue weighted by Crippen LogP contribution is 2.21. The van der Waals surface area contributed by atoms with Crippen LogP contribution in [0.5, 0.6) is 0 Å². The van der Waals surface area contributed by atoms with Gasteiger partial charge in [0, 0.05) is 21.8 Å². The highest BCUT2D eigenvalue weighted by atomic mass is 79.9. The number of aromatic amines is 1. The summed E-state index contributed by atoms with van der Waals surface area (Å²) < 4.78 is 28.2. The van der Waals surface area contributed by atoms with Gasteiger partial charge >= 0.3 is 0 Å². The van der Waals surface area contributed by atoms with Gasteiger partial charge in [0.15, 0.2) is 5.03 Å². The zero-order valence-electron chi connectivity index (χ0n) is 11.6.